The molecule has 3 aromatic carbocycles. The van der Waals surface area contributed by atoms with Crippen LogP contribution in [0.1, 0.15) is 108 Å². The van der Waals surface area contributed by atoms with Crippen LogP contribution in [0.2, 0.25) is 0 Å². The minimum Gasteiger partial charge on any atom is -0.449 e. The normalized spacial score (nSPS) is 19.2. The molecule has 3 aromatic rings. The number of aliphatic hydroxyl groups is 1. The van der Waals surface area contributed by atoms with Gasteiger partial charge < -0.3 is 45.8 Å². The lowest BCUT2D eigenvalue weighted by atomic mass is 9.83. The van der Waals surface area contributed by atoms with E-state index in [0.717, 1.165) is 41.5 Å². The van der Waals surface area contributed by atoms with E-state index in [1.54, 1.807) is 30.3 Å². The van der Waals surface area contributed by atoms with Gasteiger partial charge in [-0.1, -0.05) is 111 Å². The van der Waals surface area contributed by atoms with Crippen molar-refractivity contribution in [3.8, 4) is 11.1 Å². The molecule has 0 spiro atoms. The minimum absolute atomic E-state index is 0.0739. The summed E-state index contributed by atoms with van der Waals surface area (Å²) in [5.74, 6) is -3.46. The number of amides is 6. The summed E-state index contributed by atoms with van der Waals surface area (Å²) < 4.78 is 12.2. The Balaban J connectivity index is 1.14. The molecule has 16 heteroatoms. The summed E-state index contributed by atoms with van der Waals surface area (Å²) in [4.78, 5) is 83.2. The second-order valence-electron chi connectivity index (χ2n) is 17.9. The number of ether oxygens (including phenoxy) is 2. The summed E-state index contributed by atoms with van der Waals surface area (Å²) in [5, 5.41) is 24.5. The standard InChI is InChI=1S/C48H63N6O9P/c1-5-16-37(42(56)45(59)49-26-39(55)51-40(44(58)53-64)29-17-8-6-9-18-29)50-43(57)38-25-31(63-48(2,3)4)27-54(38)46(60)41(30-19-10-7-11-20-30)52-47(61)62-28-36-34-23-14-12-21-32(34)33-22-13-15-24-35(33)36/h6,8-9,12-15,17-18,21-24,30-31,36-38,40-42,56H,5,7,10-11,16,19-20,25-28,64H2,1-4H3,(H,49,59)(H,50,57)(H,51,55)(H,52,61)(H,53,58). The first-order valence-corrected chi connectivity index (χ1v) is 23.0. The van der Waals surface area contributed by atoms with Gasteiger partial charge in [0.05, 0.1) is 24.3 Å². The minimum atomic E-state index is -1.76. The van der Waals surface area contributed by atoms with Crippen molar-refractivity contribution in [1.82, 2.24) is 31.3 Å². The number of carbonyl (C=O) groups is 6. The number of benzene rings is 3. The van der Waals surface area contributed by atoms with Crippen molar-refractivity contribution in [1.29, 1.82) is 0 Å². The second kappa shape index (κ2) is 22.0. The molecule has 3 aliphatic rings. The van der Waals surface area contributed by atoms with E-state index in [1.165, 1.54) is 4.90 Å². The highest BCUT2D eigenvalue weighted by Gasteiger charge is 2.46. The summed E-state index contributed by atoms with van der Waals surface area (Å²) in [6.45, 7) is 7.11. The van der Waals surface area contributed by atoms with E-state index in [4.69, 9.17) is 9.47 Å². The molecule has 344 valence electrons. The lowest BCUT2D eigenvalue weighted by Gasteiger charge is -2.35. The number of nitrogens with one attached hydrogen (secondary N) is 5. The van der Waals surface area contributed by atoms with Crippen LogP contribution < -0.4 is 26.4 Å². The number of hydrogen-bond donors (Lipinski definition) is 6. The summed E-state index contributed by atoms with van der Waals surface area (Å²) in [6, 6.07) is 20.6. The van der Waals surface area contributed by atoms with Gasteiger partial charge in [-0.15, -0.1) is 0 Å². The predicted octanol–water partition coefficient (Wildman–Crippen LogP) is 4.78. The molecule has 6 rings (SSSR count). The largest absolute Gasteiger partial charge is 0.449 e. The zero-order valence-corrected chi connectivity index (χ0v) is 38.3. The molecule has 0 radical (unpaired) electrons. The summed E-state index contributed by atoms with van der Waals surface area (Å²) >= 11 is 0. The van der Waals surface area contributed by atoms with Gasteiger partial charge in [0.15, 0.2) is 6.10 Å². The maximum atomic E-state index is 14.9. The van der Waals surface area contributed by atoms with Gasteiger partial charge in [0.1, 0.15) is 24.7 Å². The van der Waals surface area contributed by atoms with Crippen LogP contribution in [0.3, 0.4) is 0 Å². The molecule has 1 saturated carbocycles. The molecule has 15 nitrogen and oxygen atoms in total. The number of likely N-dealkylation sites (tertiary alicyclic amines) is 1. The fourth-order valence-corrected chi connectivity index (χ4v) is 9.43. The van der Waals surface area contributed by atoms with Crippen LogP contribution in [0.15, 0.2) is 78.9 Å². The Morgan fingerprint density at radius 1 is 0.828 bits per heavy atom. The molecule has 1 saturated heterocycles. The van der Waals surface area contributed by atoms with Crippen LogP contribution in [0.4, 0.5) is 4.79 Å². The van der Waals surface area contributed by atoms with Crippen molar-refractivity contribution in [2.24, 2.45) is 5.92 Å². The molecular formula is C48H63N6O9P. The van der Waals surface area contributed by atoms with Gasteiger partial charge in [-0.05, 0) is 83.2 Å². The van der Waals surface area contributed by atoms with E-state index < -0.39 is 84.2 Å². The van der Waals surface area contributed by atoms with Crippen LogP contribution in [0, 0.1) is 5.92 Å². The van der Waals surface area contributed by atoms with Crippen LogP contribution in [0.25, 0.3) is 11.1 Å². The van der Waals surface area contributed by atoms with Gasteiger partial charge in [0, 0.05) is 18.9 Å². The molecule has 2 fully saturated rings. The molecule has 2 aliphatic carbocycles. The third-order valence-electron chi connectivity index (χ3n) is 12.2. The smallest absolute Gasteiger partial charge is 0.407 e. The zero-order valence-electron chi connectivity index (χ0n) is 37.1. The van der Waals surface area contributed by atoms with Gasteiger partial charge in [0.25, 0.3) is 5.91 Å². The van der Waals surface area contributed by atoms with Crippen LogP contribution in [-0.2, 0) is 33.4 Å². The first-order valence-electron chi connectivity index (χ1n) is 22.4. The molecule has 64 heavy (non-hydrogen) atoms. The maximum absolute atomic E-state index is 14.9. The number of alkyl carbamates (subject to hydrolysis) is 1. The monoisotopic (exact) mass is 898 g/mol. The Morgan fingerprint density at radius 3 is 2.06 bits per heavy atom. The van der Waals surface area contributed by atoms with Gasteiger partial charge in [-0.25, -0.2) is 4.79 Å². The molecule has 1 heterocycles. The lowest BCUT2D eigenvalue weighted by Crippen LogP contribution is -2.58. The van der Waals surface area contributed by atoms with Crippen molar-refractivity contribution < 1.29 is 43.3 Å². The van der Waals surface area contributed by atoms with Crippen molar-refractivity contribution >= 4 is 45.0 Å². The number of hydrogen-bond acceptors (Lipinski definition) is 9. The van der Waals surface area contributed by atoms with Gasteiger partial charge in [0.2, 0.25) is 23.6 Å². The summed E-state index contributed by atoms with van der Waals surface area (Å²) in [6.07, 6.45) is 2.05. The number of nitrogens with zero attached hydrogens (tertiary/aromatic N) is 1. The first-order chi connectivity index (χ1) is 30.7. The van der Waals surface area contributed by atoms with Gasteiger partial charge in [-0.3, -0.25) is 24.0 Å². The Kier molecular flexibility index (Phi) is 16.5. The molecule has 1 aliphatic heterocycles. The lowest BCUT2D eigenvalue weighted by molar-refractivity contribution is -0.142. The average Bonchev–Trinajstić information content (AvgIpc) is 3.86. The Labute approximate surface area is 377 Å². The van der Waals surface area contributed by atoms with E-state index in [0.29, 0.717) is 24.8 Å². The van der Waals surface area contributed by atoms with Crippen molar-refractivity contribution in [2.75, 3.05) is 19.7 Å². The topological polar surface area (TPSA) is 204 Å². The van der Waals surface area contributed by atoms with Crippen molar-refractivity contribution in [3.05, 3.63) is 95.6 Å². The zero-order chi connectivity index (χ0) is 46.0. The fraction of sp³-hybridized carbons (Fsp3) is 0.500. The van der Waals surface area contributed by atoms with E-state index in [2.05, 4.69) is 47.9 Å². The van der Waals surface area contributed by atoms with E-state index in [-0.39, 0.29) is 37.8 Å². The molecule has 7 atom stereocenters. The van der Waals surface area contributed by atoms with E-state index >= 15 is 0 Å². The Morgan fingerprint density at radius 2 is 1.45 bits per heavy atom. The summed E-state index contributed by atoms with van der Waals surface area (Å²) in [5.41, 5.74) is 4.26. The molecular weight excluding hydrogens is 836 g/mol. The van der Waals surface area contributed by atoms with E-state index in [1.807, 2.05) is 64.1 Å². The van der Waals surface area contributed by atoms with Crippen LogP contribution in [-0.4, -0.2) is 101 Å². The van der Waals surface area contributed by atoms with Crippen LogP contribution in [0.5, 0.6) is 0 Å². The quantitative estimate of drug-likeness (QED) is 0.103. The number of carbonyl (C=O) groups excluding carboxylic acids is 6. The number of fused-ring (bicyclic) bond motifs is 3. The van der Waals surface area contributed by atoms with E-state index in [9.17, 15) is 33.9 Å². The highest BCUT2D eigenvalue weighted by molar-refractivity contribution is 7.15. The van der Waals surface area contributed by atoms with Gasteiger partial charge >= 0.3 is 6.09 Å². The second-order valence-corrected chi connectivity index (χ2v) is 18.2. The average molecular weight is 899 g/mol. The maximum Gasteiger partial charge on any atom is 0.407 e. The summed E-state index contributed by atoms with van der Waals surface area (Å²) in [7, 11) is 2.10. The van der Waals surface area contributed by atoms with Gasteiger partial charge in [-0.2, -0.15) is 0 Å². The number of aliphatic hydroxyl groups excluding tert-OH is 1. The third kappa shape index (κ3) is 12.0. The number of rotatable bonds is 17. The Bertz CT molecular complexity index is 2080. The third-order valence-corrected chi connectivity index (χ3v) is 12.5. The Hall–Kier alpha value is -5.37. The molecule has 6 amide bonds. The highest BCUT2D eigenvalue weighted by Crippen LogP contribution is 2.44. The molecule has 0 bridgehead atoms. The van der Waals surface area contributed by atoms with Crippen LogP contribution >= 0.6 is 9.39 Å². The molecule has 7 unspecified atom stereocenters. The molecule has 0 aromatic heterocycles. The highest BCUT2D eigenvalue weighted by atomic mass is 31.0. The molecule has 6 N–H and O–H groups in total. The predicted molar refractivity (Wildman–Crippen MR) is 244 cm³/mol. The SMILES string of the molecule is CCCC(NC(=O)C1CC(OC(C)(C)C)CN1C(=O)C(NC(=O)OCC1c2ccccc2-c2ccccc21)C1CCCCC1)C(O)C(=O)NCC(=O)NC(C(=O)NP)c1ccccc1. The van der Waals surface area contributed by atoms with Crippen molar-refractivity contribution in [2.45, 2.75) is 127 Å². The first kappa shape index (κ1) is 48.1. The van der Waals surface area contributed by atoms with Crippen molar-refractivity contribution in [3.63, 3.8) is 0 Å². The fourth-order valence-electron chi connectivity index (χ4n) is 9.26.